The van der Waals surface area contributed by atoms with E-state index < -0.39 is 0 Å². The Hall–Kier alpha value is -1.77. The second-order valence-corrected chi connectivity index (χ2v) is 4.15. The molecule has 0 saturated carbocycles. The van der Waals surface area contributed by atoms with Crippen LogP contribution < -0.4 is 0 Å². The molecule has 3 heteroatoms. The van der Waals surface area contributed by atoms with E-state index in [0.29, 0.717) is 5.89 Å². The van der Waals surface area contributed by atoms with E-state index in [1.165, 1.54) is 0 Å². The second-order valence-electron chi connectivity index (χ2n) is 4.15. The molecule has 0 bridgehead atoms. The molecule has 0 spiro atoms. The smallest absolute Gasteiger partial charge is 0.191 e. The Morgan fingerprint density at radius 3 is 2.69 bits per heavy atom. The Morgan fingerprint density at radius 2 is 2.06 bits per heavy atom. The number of phenolic OH excluding ortho intramolecular Hbond substituents is 1. The molecule has 0 amide bonds. The fourth-order valence-electron chi connectivity index (χ4n) is 1.69. The maximum absolute atomic E-state index is 9.45. The van der Waals surface area contributed by atoms with Crippen LogP contribution >= 0.6 is 0 Å². The van der Waals surface area contributed by atoms with Gasteiger partial charge in [-0.3, -0.25) is 0 Å². The maximum Gasteiger partial charge on any atom is 0.191 e. The number of rotatable bonds is 2. The zero-order valence-electron chi connectivity index (χ0n) is 9.69. The average molecular weight is 217 g/mol. The topological polar surface area (TPSA) is 46.3 Å². The highest BCUT2D eigenvalue weighted by Crippen LogP contribution is 2.30. The number of aromatic hydroxyl groups is 1. The molecule has 0 fully saturated rings. The van der Waals surface area contributed by atoms with Gasteiger partial charge in [-0.15, -0.1) is 0 Å². The first-order valence-corrected chi connectivity index (χ1v) is 5.34. The number of oxazole rings is 1. The van der Waals surface area contributed by atoms with Crippen molar-refractivity contribution in [3.05, 3.63) is 35.9 Å². The number of hydrogen-bond donors (Lipinski definition) is 1. The average Bonchev–Trinajstić information content (AvgIpc) is 2.60. The van der Waals surface area contributed by atoms with Crippen LogP contribution in [0.25, 0.3) is 11.3 Å². The molecule has 2 aromatic rings. The third-order valence-corrected chi connectivity index (χ3v) is 2.40. The lowest BCUT2D eigenvalue weighted by atomic mass is 10.0. The number of benzene rings is 1. The minimum absolute atomic E-state index is 0.243. The van der Waals surface area contributed by atoms with E-state index in [2.05, 4.69) is 18.8 Å². The lowest BCUT2D eigenvalue weighted by Crippen LogP contribution is -1.88. The molecule has 2 rings (SSSR count). The van der Waals surface area contributed by atoms with E-state index in [-0.39, 0.29) is 11.7 Å². The fraction of sp³-hybridized carbons (Fsp3) is 0.308. The van der Waals surface area contributed by atoms with Crippen molar-refractivity contribution in [3.63, 3.8) is 0 Å². The van der Waals surface area contributed by atoms with Gasteiger partial charge in [0.05, 0.1) is 0 Å². The molecule has 1 N–H and O–H groups in total. The molecule has 3 nitrogen and oxygen atoms in total. The lowest BCUT2D eigenvalue weighted by molar-refractivity contribution is 0.457. The lowest BCUT2D eigenvalue weighted by Gasteiger charge is -2.04. The van der Waals surface area contributed by atoms with E-state index in [1.54, 1.807) is 18.2 Å². The SMILES string of the molecule is Cc1nc(-c2cccc(O)c2)c(C(C)C)o1. The van der Waals surface area contributed by atoms with E-state index in [4.69, 9.17) is 4.42 Å². The summed E-state index contributed by atoms with van der Waals surface area (Å²) in [5.74, 6) is 2.04. The Bertz CT molecular complexity index is 500. The van der Waals surface area contributed by atoms with Gasteiger partial charge in [0.15, 0.2) is 5.89 Å². The Balaban J connectivity index is 2.55. The van der Waals surface area contributed by atoms with E-state index in [0.717, 1.165) is 17.0 Å². The van der Waals surface area contributed by atoms with Crippen LogP contribution in [0.15, 0.2) is 28.7 Å². The first kappa shape index (κ1) is 10.7. The molecule has 1 heterocycles. The summed E-state index contributed by atoms with van der Waals surface area (Å²) in [6.07, 6.45) is 0. The van der Waals surface area contributed by atoms with Gasteiger partial charge in [-0.1, -0.05) is 26.0 Å². The zero-order valence-corrected chi connectivity index (χ0v) is 9.69. The Kier molecular flexibility index (Phi) is 2.69. The van der Waals surface area contributed by atoms with Gasteiger partial charge in [0.25, 0.3) is 0 Å². The van der Waals surface area contributed by atoms with Gasteiger partial charge in [-0.2, -0.15) is 0 Å². The molecular formula is C13H15NO2. The molecule has 16 heavy (non-hydrogen) atoms. The molecule has 0 radical (unpaired) electrons. The molecule has 0 aliphatic carbocycles. The monoisotopic (exact) mass is 217 g/mol. The van der Waals surface area contributed by atoms with E-state index in [9.17, 15) is 5.11 Å². The molecule has 1 aromatic carbocycles. The Morgan fingerprint density at radius 1 is 1.31 bits per heavy atom. The zero-order chi connectivity index (χ0) is 11.7. The molecule has 0 aliphatic rings. The summed E-state index contributed by atoms with van der Waals surface area (Å²) >= 11 is 0. The van der Waals surface area contributed by atoms with E-state index in [1.807, 2.05) is 13.0 Å². The number of phenols is 1. The standard InChI is InChI=1S/C13H15NO2/c1-8(2)13-12(14-9(3)16-13)10-5-4-6-11(15)7-10/h4-8,15H,1-3H3. The molecule has 0 atom stereocenters. The third-order valence-electron chi connectivity index (χ3n) is 2.40. The molecule has 1 aromatic heterocycles. The summed E-state index contributed by atoms with van der Waals surface area (Å²) in [4.78, 5) is 4.37. The normalized spacial score (nSPS) is 11.0. The van der Waals surface area contributed by atoms with Crippen LogP contribution in [0.3, 0.4) is 0 Å². The van der Waals surface area contributed by atoms with Crippen molar-refractivity contribution < 1.29 is 9.52 Å². The quantitative estimate of drug-likeness (QED) is 0.837. The van der Waals surface area contributed by atoms with Crippen LogP contribution in [-0.2, 0) is 0 Å². The predicted octanol–water partition coefficient (Wildman–Crippen LogP) is 3.48. The van der Waals surface area contributed by atoms with Crippen molar-refractivity contribution in [3.8, 4) is 17.0 Å². The summed E-state index contributed by atoms with van der Waals surface area (Å²) < 4.78 is 5.58. The van der Waals surface area contributed by atoms with Gasteiger partial charge < -0.3 is 9.52 Å². The van der Waals surface area contributed by atoms with Gasteiger partial charge in [0, 0.05) is 18.4 Å². The van der Waals surface area contributed by atoms with Crippen molar-refractivity contribution in [2.75, 3.05) is 0 Å². The van der Waals surface area contributed by atoms with Crippen molar-refractivity contribution in [2.24, 2.45) is 0 Å². The van der Waals surface area contributed by atoms with Crippen molar-refractivity contribution in [1.82, 2.24) is 4.98 Å². The second kappa shape index (κ2) is 4.00. The molecular weight excluding hydrogens is 202 g/mol. The van der Waals surface area contributed by atoms with Crippen molar-refractivity contribution in [2.45, 2.75) is 26.7 Å². The van der Waals surface area contributed by atoms with Crippen molar-refractivity contribution in [1.29, 1.82) is 0 Å². The van der Waals surface area contributed by atoms with Gasteiger partial charge in [0.1, 0.15) is 17.2 Å². The number of aryl methyl sites for hydroxylation is 1. The largest absolute Gasteiger partial charge is 0.508 e. The first-order chi connectivity index (χ1) is 7.58. The minimum Gasteiger partial charge on any atom is -0.508 e. The van der Waals surface area contributed by atoms with Crippen LogP contribution in [0.4, 0.5) is 0 Å². The van der Waals surface area contributed by atoms with Crippen LogP contribution in [0.2, 0.25) is 0 Å². The predicted molar refractivity (Wildman–Crippen MR) is 62.4 cm³/mol. The highest BCUT2D eigenvalue weighted by atomic mass is 16.4. The van der Waals surface area contributed by atoms with Gasteiger partial charge in [0.2, 0.25) is 0 Å². The molecule has 84 valence electrons. The number of nitrogens with zero attached hydrogens (tertiary/aromatic N) is 1. The van der Waals surface area contributed by atoms with E-state index >= 15 is 0 Å². The third kappa shape index (κ3) is 1.94. The molecule has 0 saturated heterocycles. The van der Waals surface area contributed by atoms with Gasteiger partial charge in [-0.05, 0) is 12.1 Å². The summed E-state index contributed by atoms with van der Waals surface area (Å²) in [5.41, 5.74) is 1.71. The highest BCUT2D eigenvalue weighted by Gasteiger charge is 2.16. The maximum atomic E-state index is 9.45. The molecule has 0 aliphatic heterocycles. The van der Waals surface area contributed by atoms with Crippen LogP contribution in [0.5, 0.6) is 5.75 Å². The van der Waals surface area contributed by atoms with Crippen LogP contribution in [0, 0.1) is 6.92 Å². The van der Waals surface area contributed by atoms with Crippen molar-refractivity contribution >= 4 is 0 Å². The Labute approximate surface area is 94.8 Å². The fourth-order valence-corrected chi connectivity index (χ4v) is 1.69. The summed E-state index contributed by atoms with van der Waals surface area (Å²) in [6, 6.07) is 7.07. The summed E-state index contributed by atoms with van der Waals surface area (Å²) in [6.45, 7) is 5.96. The minimum atomic E-state index is 0.243. The summed E-state index contributed by atoms with van der Waals surface area (Å²) in [5, 5.41) is 9.45. The number of hydrogen-bond acceptors (Lipinski definition) is 3. The number of aromatic nitrogens is 1. The highest BCUT2D eigenvalue weighted by molar-refractivity contribution is 5.63. The van der Waals surface area contributed by atoms with Crippen LogP contribution in [0.1, 0.15) is 31.4 Å². The van der Waals surface area contributed by atoms with Gasteiger partial charge >= 0.3 is 0 Å². The molecule has 0 unspecified atom stereocenters. The van der Waals surface area contributed by atoms with Crippen LogP contribution in [-0.4, -0.2) is 10.1 Å². The first-order valence-electron chi connectivity index (χ1n) is 5.34. The van der Waals surface area contributed by atoms with Gasteiger partial charge in [-0.25, -0.2) is 4.98 Å². The summed E-state index contributed by atoms with van der Waals surface area (Å²) in [7, 11) is 0.